The fraction of sp³-hybridized carbons (Fsp3) is 0.562. The predicted octanol–water partition coefficient (Wildman–Crippen LogP) is 2.68. The van der Waals surface area contributed by atoms with Crippen LogP contribution in [0.1, 0.15) is 37.3 Å². The molecule has 19 heavy (non-hydrogen) atoms. The van der Waals surface area contributed by atoms with Gasteiger partial charge in [-0.3, -0.25) is 4.79 Å². The first kappa shape index (κ1) is 14.1. The molecule has 0 radical (unpaired) electrons. The Bertz CT molecular complexity index is 431. The molecule has 2 unspecified atom stereocenters. The fourth-order valence-corrected chi connectivity index (χ4v) is 2.78. The lowest BCUT2D eigenvalue weighted by atomic mass is 10.0. The second-order valence-corrected chi connectivity index (χ2v) is 5.52. The highest BCUT2D eigenvalue weighted by atomic mass is 16.5. The van der Waals surface area contributed by atoms with Crippen LogP contribution in [0, 0.1) is 5.92 Å². The van der Waals surface area contributed by atoms with Crippen LogP contribution in [0.15, 0.2) is 24.3 Å². The first-order valence-corrected chi connectivity index (χ1v) is 7.06. The SMILES string of the molecule is COC(=O)Cc1ccccc1CNC1CCC(C)C1. The molecule has 1 aliphatic carbocycles. The molecule has 0 heterocycles. The van der Waals surface area contributed by atoms with Crippen molar-refractivity contribution in [2.45, 2.75) is 45.2 Å². The zero-order chi connectivity index (χ0) is 13.7. The van der Waals surface area contributed by atoms with E-state index in [9.17, 15) is 4.79 Å². The van der Waals surface area contributed by atoms with Gasteiger partial charge >= 0.3 is 5.97 Å². The molecule has 0 saturated heterocycles. The van der Waals surface area contributed by atoms with Gasteiger partial charge in [-0.1, -0.05) is 31.2 Å². The van der Waals surface area contributed by atoms with Gasteiger partial charge < -0.3 is 10.1 Å². The van der Waals surface area contributed by atoms with E-state index in [2.05, 4.69) is 18.3 Å². The van der Waals surface area contributed by atoms with E-state index in [0.717, 1.165) is 18.0 Å². The second kappa shape index (κ2) is 6.71. The van der Waals surface area contributed by atoms with Crippen LogP contribution in [0.3, 0.4) is 0 Å². The molecular weight excluding hydrogens is 238 g/mol. The van der Waals surface area contributed by atoms with Crippen molar-refractivity contribution in [1.29, 1.82) is 0 Å². The van der Waals surface area contributed by atoms with Crippen LogP contribution in [0.5, 0.6) is 0 Å². The number of ether oxygens (including phenoxy) is 1. The summed E-state index contributed by atoms with van der Waals surface area (Å²) in [6.07, 6.45) is 4.20. The Balaban J connectivity index is 1.93. The van der Waals surface area contributed by atoms with Gasteiger partial charge in [0.1, 0.15) is 0 Å². The lowest BCUT2D eigenvalue weighted by Crippen LogP contribution is -2.26. The van der Waals surface area contributed by atoms with Crippen molar-refractivity contribution < 1.29 is 9.53 Å². The Hall–Kier alpha value is -1.35. The topological polar surface area (TPSA) is 38.3 Å². The minimum absolute atomic E-state index is 0.179. The number of methoxy groups -OCH3 is 1. The van der Waals surface area contributed by atoms with E-state index in [-0.39, 0.29) is 5.97 Å². The fourth-order valence-electron chi connectivity index (χ4n) is 2.78. The molecule has 3 heteroatoms. The number of carbonyl (C=O) groups excluding carboxylic acids is 1. The maximum atomic E-state index is 11.4. The largest absolute Gasteiger partial charge is 0.469 e. The molecule has 104 valence electrons. The molecule has 1 saturated carbocycles. The first-order valence-electron chi connectivity index (χ1n) is 7.06. The first-order chi connectivity index (χ1) is 9.19. The van der Waals surface area contributed by atoms with Gasteiger partial charge in [0, 0.05) is 12.6 Å². The Morgan fingerprint density at radius 1 is 1.32 bits per heavy atom. The van der Waals surface area contributed by atoms with Crippen molar-refractivity contribution in [2.75, 3.05) is 7.11 Å². The van der Waals surface area contributed by atoms with E-state index in [1.54, 1.807) is 0 Å². The summed E-state index contributed by atoms with van der Waals surface area (Å²) in [6, 6.07) is 8.71. The van der Waals surface area contributed by atoms with E-state index in [1.165, 1.54) is 31.9 Å². The van der Waals surface area contributed by atoms with Crippen LogP contribution in [0.4, 0.5) is 0 Å². The van der Waals surface area contributed by atoms with E-state index in [4.69, 9.17) is 4.74 Å². The van der Waals surface area contributed by atoms with Crippen molar-refractivity contribution >= 4 is 5.97 Å². The van der Waals surface area contributed by atoms with Crippen LogP contribution in [-0.2, 0) is 22.5 Å². The van der Waals surface area contributed by atoms with E-state index in [0.29, 0.717) is 12.5 Å². The third kappa shape index (κ3) is 4.06. The van der Waals surface area contributed by atoms with Crippen LogP contribution >= 0.6 is 0 Å². The second-order valence-electron chi connectivity index (χ2n) is 5.52. The van der Waals surface area contributed by atoms with Gasteiger partial charge in [0.25, 0.3) is 0 Å². The summed E-state index contributed by atoms with van der Waals surface area (Å²) in [4.78, 5) is 11.4. The lowest BCUT2D eigenvalue weighted by molar-refractivity contribution is -0.139. The molecule has 0 aromatic heterocycles. The maximum Gasteiger partial charge on any atom is 0.309 e. The van der Waals surface area contributed by atoms with Crippen molar-refractivity contribution in [3.63, 3.8) is 0 Å². The number of hydrogen-bond donors (Lipinski definition) is 1. The summed E-state index contributed by atoms with van der Waals surface area (Å²) in [7, 11) is 1.43. The summed E-state index contributed by atoms with van der Waals surface area (Å²) in [6.45, 7) is 3.15. The van der Waals surface area contributed by atoms with Gasteiger partial charge in [-0.2, -0.15) is 0 Å². The molecule has 3 nitrogen and oxygen atoms in total. The van der Waals surface area contributed by atoms with Crippen molar-refractivity contribution in [2.24, 2.45) is 5.92 Å². The molecule has 0 amide bonds. The van der Waals surface area contributed by atoms with Crippen molar-refractivity contribution in [1.82, 2.24) is 5.32 Å². The highest BCUT2D eigenvalue weighted by molar-refractivity contribution is 5.72. The van der Waals surface area contributed by atoms with E-state index >= 15 is 0 Å². The quantitative estimate of drug-likeness (QED) is 0.828. The molecule has 2 atom stereocenters. The average Bonchev–Trinajstić information content (AvgIpc) is 2.83. The molecular formula is C16H23NO2. The number of rotatable bonds is 5. The normalized spacial score (nSPS) is 22.4. The van der Waals surface area contributed by atoms with Crippen LogP contribution in [0.2, 0.25) is 0 Å². The lowest BCUT2D eigenvalue weighted by Gasteiger charge is -2.14. The molecule has 1 fully saturated rings. The van der Waals surface area contributed by atoms with Gasteiger partial charge in [0.05, 0.1) is 13.5 Å². The molecule has 1 aromatic carbocycles. The highest BCUT2D eigenvalue weighted by Crippen LogP contribution is 2.25. The van der Waals surface area contributed by atoms with Crippen LogP contribution < -0.4 is 5.32 Å². The van der Waals surface area contributed by atoms with Gasteiger partial charge in [0.15, 0.2) is 0 Å². The minimum Gasteiger partial charge on any atom is -0.469 e. The number of hydrogen-bond acceptors (Lipinski definition) is 3. The molecule has 0 bridgehead atoms. The van der Waals surface area contributed by atoms with Crippen molar-refractivity contribution in [3.05, 3.63) is 35.4 Å². The molecule has 0 spiro atoms. The van der Waals surface area contributed by atoms with E-state index < -0.39 is 0 Å². The number of benzene rings is 1. The van der Waals surface area contributed by atoms with Crippen LogP contribution in [0.25, 0.3) is 0 Å². The van der Waals surface area contributed by atoms with Gasteiger partial charge in [-0.25, -0.2) is 0 Å². The summed E-state index contributed by atoms with van der Waals surface area (Å²) in [5.41, 5.74) is 2.26. The number of carbonyl (C=O) groups is 1. The zero-order valence-electron chi connectivity index (χ0n) is 11.8. The average molecular weight is 261 g/mol. The number of nitrogens with one attached hydrogen (secondary N) is 1. The maximum absolute atomic E-state index is 11.4. The van der Waals surface area contributed by atoms with Gasteiger partial charge in [-0.05, 0) is 36.3 Å². The minimum atomic E-state index is -0.179. The standard InChI is InChI=1S/C16H23NO2/c1-12-7-8-15(9-12)17-11-14-6-4-3-5-13(14)10-16(18)19-2/h3-6,12,15,17H,7-11H2,1-2H3. The van der Waals surface area contributed by atoms with E-state index in [1.807, 2.05) is 18.2 Å². The predicted molar refractivity (Wildman–Crippen MR) is 75.8 cm³/mol. The highest BCUT2D eigenvalue weighted by Gasteiger charge is 2.20. The summed E-state index contributed by atoms with van der Waals surface area (Å²) in [5.74, 6) is 0.657. The Labute approximate surface area is 115 Å². The molecule has 1 aromatic rings. The van der Waals surface area contributed by atoms with Crippen LogP contribution in [-0.4, -0.2) is 19.1 Å². The third-order valence-electron chi connectivity index (χ3n) is 3.96. The van der Waals surface area contributed by atoms with Gasteiger partial charge in [-0.15, -0.1) is 0 Å². The molecule has 0 aliphatic heterocycles. The molecule has 1 N–H and O–H groups in total. The molecule has 1 aliphatic rings. The Morgan fingerprint density at radius 3 is 2.68 bits per heavy atom. The monoisotopic (exact) mass is 261 g/mol. The Morgan fingerprint density at radius 2 is 2.05 bits per heavy atom. The summed E-state index contributed by atoms with van der Waals surface area (Å²) >= 11 is 0. The summed E-state index contributed by atoms with van der Waals surface area (Å²) in [5, 5.41) is 3.61. The van der Waals surface area contributed by atoms with Crippen molar-refractivity contribution in [3.8, 4) is 0 Å². The number of esters is 1. The summed E-state index contributed by atoms with van der Waals surface area (Å²) < 4.78 is 4.74. The zero-order valence-corrected chi connectivity index (χ0v) is 11.8. The third-order valence-corrected chi connectivity index (χ3v) is 3.96. The van der Waals surface area contributed by atoms with Gasteiger partial charge in [0.2, 0.25) is 0 Å². The Kier molecular flexibility index (Phi) is 4.97. The smallest absolute Gasteiger partial charge is 0.309 e. The molecule has 2 rings (SSSR count).